The van der Waals surface area contributed by atoms with Crippen LogP contribution >= 0.6 is 0 Å². The Balaban J connectivity index is 0. The molecule has 0 aromatic heterocycles. The van der Waals surface area contributed by atoms with Crippen molar-refractivity contribution in [2.24, 2.45) is 0 Å². The van der Waals surface area contributed by atoms with Gasteiger partial charge in [0, 0.05) is 6.42 Å². The fourth-order valence-electron chi connectivity index (χ4n) is 1.06. The predicted molar refractivity (Wildman–Crippen MR) is 55.6 cm³/mol. The van der Waals surface area contributed by atoms with Gasteiger partial charge in [0.15, 0.2) is 0 Å². The number of unbranched alkanes of at least 4 members (excludes halogenated alkanes) is 5. The molecule has 0 aliphatic heterocycles. The summed E-state index contributed by atoms with van der Waals surface area (Å²) in [6, 6.07) is 0. The zero-order valence-corrected chi connectivity index (χ0v) is 7.31. The maximum atomic E-state index is 10.1. The van der Waals surface area contributed by atoms with Crippen LogP contribution in [-0.2, 0) is 4.79 Å². The van der Waals surface area contributed by atoms with Crippen molar-refractivity contribution in [1.29, 1.82) is 0 Å². The van der Waals surface area contributed by atoms with Gasteiger partial charge >= 0.3 is 25.8 Å². The third kappa shape index (κ3) is 12.8. The average molecular weight is 231 g/mol. The molecular formula is C9H21GaO2. The van der Waals surface area contributed by atoms with Gasteiger partial charge in [0.25, 0.3) is 0 Å². The first kappa shape index (κ1) is 14.6. The molecule has 0 unspecified atom stereocenters. The molecule has 0 bridgehead atoms. The van der Waals surface area contributed by atoms with E-state index in [9.17, 15) is 4.79 Å². The number of hydrogen-bond donors (Lipinski definition) is 1. The van der Waals surface area contributed by atoms with Crippen molar-refractivity contribution in [3.8, 4) is 0 Å². The second-order valence-corrected chi connectivity index (χ2v) is 2.91. The van der Waals surface area contributed by atoms with Gasteiger partial charge in [-0.05, 0) is 6.42 Å². The molecular weight excluding hydrogens is 210 g/mol. The first-order valence-corrected chi connectivity index (χ1v) is 4.49. The number of aliphatic carboxylic acids is 1. The average Bonchev–Trinajstić information content (AvgIpc) is 1.96. The second-order valence-electron chi connectivity index (χ2n) is 2.91. The van der Waals surface area contributed by atoms with Gasteiger partial charge in [-0.25, -0.2) is 0 Å². The van der Waals surface area contributed by atoms with Crippen LogP contribution in [0.5, 0.6) is 0 Å². The molecule has 0 aliphatic carbocycles. The van der Waals surface area contributed by atoms with Gasteiger partial charge in [-0.15, -0.1) is 0 Å². The Kier molecular flexibility index (Phi) is 13.5. The molecule has 0 atom stereocenters. The first-order valence-electron chi connectivity index (χ1n) is 4.49. The molecule has 0 spiro atoms. The summed E-state index contributed by atoms with van der Waals surface area (Å²) >= 11 is 0. The molecule has 0 saturated heterocycles. The van der Waals surface area contributed by atoms with Gasteiger partial charge in [0.05, 0.1) is 0 Å². The molecule has 0 radical (unpaired) electrons. The van der Waals surface area contributed by atoms with E-state index >= 15 is 0 Å². The molecule has 0 aromatic rings. The Bertz CT molecular complexity index is 105. The van der Waals surface area contributed by atoms with Crippen LogP contribution < -0.4 is 0 Å². The van der Waals surface area contributed by atoms with Crippen molar-refractivity contribution < 1.29 is 9.90 Å². The molecule has 0 rings (SSSR count). The molecule has 0 heterocycles. The van der Waals surface area contributed by atoms with E-state index in [0.717, 1.165) is 12.8 Å². The normalized spacial score (nSPS) is 9.08. The molecule has 1 N–H and O–H groups in total. The first-order chi connectivity index (χ1) is 5.27. The Morgan fingerprint density at radius 2 is 1.58 bits per heavy atom. The number of hydrogen-bond acceptors (Lipinski definition) is 1. The molecule has 72 valence electrons. The number of carboxylic acids is 1. The predicted octanol–water partition coefficient (Wildman–Crippen LogP) is 1.64. The van der Waals surface area contributed by atoms with Crippen molar-refractivity contribution >= 4 is 25.8 Å². The van der Waals surface area contributed by atoms with E-state index in [4.69, 9.17) is 5.11 Å². The molecule has 3 heteroatoms. The Morgan fingerprint density at radius 1 is 1.08 bits per heavy atom. The summed E-state index contributed by atoms with van der Waals surface area (Å²) < 4.78 is 0. The topological polar surface area (TPSA) is 37.3 Å². The molecule has 2 nitrogen and oxygen atoms in total. The number of rotatable bonds is 7. The Labute approximate surface area is 87.8 Å². The zero-order valence-electron chi connectivity index (χ0n) is 7.31. The third-order valence-corrected chi connectivity index (χ3v) is 1.74. The summed E-state index contributed by atoms with van der Waals surface area (Å²) in [5.74, 6) is -0.666. The third-order valence-electron chi connectivity index (χ3n) is 1.74. The van der Waals surface area contributed by atoms with Gasteiger partial charge in [-0.1, -0.05) is 39.0 Å². The standard InChI is InChI=1S/C9H18O2.Ga.3H/c1-2-3-4-5-6-7-8-9(10)11;;;;/h2-8H2,1H3,(H,10,11);;;;. The van der Waals surface area contributed by atoms with E-state index in [-0.39, 0.29) is 19.8 Å². The summed E-state index contributed by atoms with van der Waals surface area (Å²) in [5.41, 5.74) is 0. The van der Waals surface area contributed by atoms with Crippen molar-refractivity contribution in [2.75, 3.05) is 0 Å². The molecule has 12 heavy (non-hydrogen) atoms. The quantitative estimate of drug-likeness (QED) is 0.534. The van der Waals surface area contributed by atoms with Crippen LogP contribution in [0.3, 0.4) is 0 Å². The van der Waals surface area contributed by atoms with Crippen LogP contribution in [0.4, 0.5) is 0 Å². The van der Waals surface area contributed by atoms with Crippen LogP contribution in [0.1, 0.15) is 51.9 Å². The van der Waals surface area contributed by atoms with Gasteiger partial charge in [-0.2, -0.15) is 0 Å². The minimum absolute atomic E-state index is 0. The van der Waals surface area contributed by atoms with Crippen molar-refractivity contribution in [1.82, 2.24) is 0 Å². The second kappa shape index (κ2) is 11.1. The van der Waals surface area contributed by atoms with Gasteiger partial charge in [0.1, 0.15) is 0 Å². The van der Waals surface area contributed by atoms with Crippen LogP contribution in [0, 0.1) is 0 Å². The molecule has 0 saturated carbocycles. The van der Waals surface area contributed by atoms with Crippen molar-refractivity contribution in [2.45, 2.75) is 51.9 Å². The van der Waals surface area contributed by atoms with Crippen LogP contribution in [0.25, 0.3) is 0 Å². The number of carbonyl (C=O) groups is 1. The van der Waals surface area contributed by atoms with Crippen LogP contribution in [-0.4, -0.2) is 30.9 Å². The summed E-state index contributed by atoms with van der Waals surface area (Å²) in [7, 11) is 0. The minimum atomic E-state index is -0.666. The SMILES string of the molecule is CCCCCCCCC(=O)O.[GaH3]. The zero-order chi connectivity index (χ0) is 8.53. The summed E-state index contributed by atoms with van der Waals surface area (Å²) in [5, 5.41) is 8.32. The van der Waals surface area contributed by atoms with E-state index in [0.29, 0.717) is 6.42 Å². The van der Waals surface area contributed by atoms with E-state index in [2.05, 4.69) is 6.92 Å². The van der Waals surface area contributed by atoms with Gasteiger partial charge in [-0.3, -0.25) is 4.79 Å². The molecule has 0 amide bonds. The van der Waals surface area contributed by atoms with E-state index in [1.165, 1.54) is 25.7 Å². The molecule has 0 fully saturated rings. The maximum absolute atomic E-state index is 10.1. The number of carboxylic acid groups (broad SMARTS) is 1. The van der Waals surface area contributed by atoms with Crippen molar-refractivity contribution in [3.63, 3.8) is 0 Å². The Morgan fingerprint density at radius 3 is 2.08 bits per heavy atom. The van der Waals surface area contributed by atoms with Gasteiger partial charge < -0.3 is 5.11 Å². The Hall–Kier alpha value is 0.106. The molecule has 0 aromatic carbocycles. The fraction of sp³-hybridized carbons (Fsp3) is 0.889. The molecule has 0 aliphatic rings. The summed E-state index contributed by atoms with van der Waals surface area (Å²) in [6.07, 6.45) is 7.25. The summed E-state index contributed by atoms with van der Waals surface area (Å²) in [6.45, 7) is 2.18. The van der Waals surface area contributed by atoms with Crippen LogP contribution in [0.15, 0.2) is 0 Å². The monoisotopic (exact) mass is 230 g/mol. The van der Waals surface area contributed by atoms with E-state index in [1.54, 1.807) is 0 Å². The van der Waals surface area contributed by atoms with E-state index < -0.39 is 5.97 Å². The fourth-order valence-corrected chi connectivity index (χ4v) is 1.06. The van der Waals surface area contributed by atoms with Crippen molar-refractivity contribution in [3.05, 3.63) is 0 Å². The van der Waals surface area contributed by atoms with Gasteiger partial charge in [0.2, 0.25) is 0 Å². The summed E-state index contributed by atoms with van der Waals surface area (Å²) in [4.78, 5) is 10.1. The van der Waals surface area contributed by atoms with Crippen LogP contribution in [0.2, 0.25) is 0 Å². The van der Waals surface area contributed by atoms with E-state index in [1.807, 2.05) is 0 Å².